The standard InChI is InChI=1S/C18H27NO2/c1-14-7-3-2-4-9-16(14)19-13-15-8-5-10-17-18(15)21-12-6-11-20-17/h5,8,10,14,16,19H,2-4,6-7,9,11-13H2,1H3. The summed E-state index contributed by atoms with van der Waals surface area (Å²) in [7, 11) is 0. The van der Waals surface area contributed by atoms with Crippen LogP contribution in [0.1, 0.15) is 51.0 Å². The van der Waals surface area contributed by atoms with Crippen molar-refractivity contribution in [1.29, 1.82) is 0 Å². The molecule has 1 fully saturated rings. The van der Waals surface area contributed by atoms with Gasteiger partial charge in [0, 0.05) is 24.6 Å². The summed E-state index contributed by atoms with van der Waals surface area (Å²) in [6.07, 6.45) is 7.74. The zero-order chi connectivity index (χ0) is 14.5. The molecule has 1 heterocycles. The van der Waals surface area contributed by atoms with Crippen molar-refractivity contribution in [1.82, 2.24) is 5.32 Å². The van der Waals surface area contributed by atoms with Gasteiger partial charge in [-0.1, -0.05) is 38.3 Å². The van der Waals surface area contributed by atoms with Crippen LogP contribution >= 0.6 is 0 Å². The average Bonchev–Trinajstić information content (AvgIpc) is 2.85. The van der Waals surface area contributed by atoms with Gasteiger partial charge in [-0.05, 0) is 24.8 Å². The molecule has 2 unspecified atom stereocenters. The molecule has 21 heavy (non-hydrogen) atoms. The highest BCUT2D eigenvalue weighted by Crippen LogP contribution is 2.33. The maximum Gasteiger partial charge on any atom is 0.165 e. The van der Waals surface area contributed by atoms with Gasteiger partial charge in [0.15, 0.2) is 11.5 Å². The summed E-state index contributed by atoms with van der Waals surface area (Å²) in [6.45, 7) is 4.77. The summed E-state index contributed by atoms with van der Waals surface area (Å²) < 4.78 is 11.7. The third kappa shape index (κ3) is 3.70. The number of hydrogen-bond donors (Lipinski definition) is 1. The van der Waals surface area contributed by atoms with E-state index in [1.165, 1.54) is 37.7 Å². The van der Waals surface area contributed by atoms with E-state index in [2.05, 4.69) is 24.4 Å². The highest BCUT2D eigenvalue weighted by molar-refractivity contribution is 5.47. The van der Waals surface area contributed by atoms with Gasteiger partial charge in [0.1, 0.15) is 0 Å². The third-order valence-electron chi connectivity index (χ3n) is 4.77. The molecule has 2 atom stereocenters. The van der Waals surface area contributed by atoms with Crippen LogP contribution in [0.4, 0.5) is 0 Å². The predicted octanol–water partition coefficient (Wildman–Crippen LogP) is 3.91. The van der Waals surface area contributed by atoms with Crippen molar-refractivity contribution in [3.63, 3.8) is 0 Å². The van der Waals surface area contributed by atoms with Gasteiger partial charge in [-0.25, -0.2) is 0 Å². The Labute approximate surface area is 128 Å². The number of nitrogens with one attached hydrogen (secondary N) is 1. The number of rotatable bonds is 3. The van der Waals surface area contributed by atoms with Crippen LogP contribution in [0.25, 0.3) is 0 Å². The normalized spacial score (nSPS) is 26.0. The minimum absolute atomic E-state index is 0.634. The number of benzene rings is 1. The summed E-state index contributed by atoms with van der Waals surface area (Å²) in [5.74, 6) is 2.62. The van der Waals surface area contributed by atoms with Crippen LogP contribution in [-0.2, 0) is 6.54 Å². The maximum atomic E-state index is 5.91. The van der Waals surface area contributed by atoms with Crippen molar-refractivity contribution < 1.29 is 9.47 Å². The number of fused-ring (bicyclic) bond motifs is 1. The van der Waals surface area contributed by atoms with Crippen LogP contribution in [0.2, 0.25) is 0 Å². The van der Waals surface area contributed by atoms with Gasteiger partial charge in [0.05, 0.1) is 13.2 Å². The SMILES string of the molecule is CC1CCCCCC1NCc1cccc2c1OCCCO2. The summed E-state index contributed by atoms with van der Waals surface area (Å²) in [4.78, 5) is 0. The first kappa shape index (κ1) is 14.7. The fraction of sp³-hybridized carbons (Fsp3) is 0.667. The second-order valence-corrected chi connectivity index (χ2v) is 6.40. The van der Waals surface area contributed by atoms with E-state index in [1.807, 2.05) is 6.07 Å². The van der Waals surface area contributed by atoms with Crippen LogP contribution in [0, 0.1) is 5.92 Å². The molecule has 0 bridgehead atoms. The molecule has 116 valence electrons. The summed E-state index contributed by atoms with van der Waals surface area (Å²) in [5, 5.41) is 3.76. The Bertz CT molecular complexity index is 461. The lowest BCUT2D eigenvalue weighted by molar-refractivity contribution is 0.295. The molecule has 3 heteroatoms. The van der Waals surface area contributed by atoms with Crippen molar-refractivity contribution >= 4 is 0 Å². The fourth-order valence-corrected chi connectivity index (χ4v) is 3.43. The van der Waals surface area contributed by atoms with Gasteiger partial charge in [-0.2, -0.15) is 0 Å². The van der Waals surface area contributed by atoms with Crippen LogP contribution in [-0.4, -0.2) is 19.3 Å². The van der Waals surface area contributed by atoms with Gasteiger partial charge >= 0.3 is 0 Å². The highest BCUT2D eigenvalue weighted by Gasteiger charge is 2.20. The third-order valence-corrected chi connectivity index (χ3v) is 4.77. The van der Waals surface area contributed by atoms with E-state index in [4.69, 9.17) is 9.47 Å². The number of ether oxygens (including phenoxy) is 2. The highest BCUT2D eigenvalue weighted by atomic mass is 16.5. The van der Waals surface area contributed by atoms with Crippen molar-refractivity contribution in [2.45, 2.75) is 58.0 Å². The quantitative estimate of drug-likeness (QED) is 0.856. The summed E-state index contributed by atoms with van der Waals surface area (Å²) in [6, 6.07) is 6.87. The molecule has 1 aliphatic carbocycles. The Morgan fingerprint density at radius 2 is 1.90 bits per heavy atom. The van der Waals surface area contributed by atoms with Crippen LogP contribution in [0.3, 0.4) is 0 Å². The Morgan fingerprint density at radius 3 is 2.86 bits per heavy atom. The van der Waals surface area contributed by atoms with Crippen LogP contribution < -0.4 is 14.8 Å². The molecular formula is C18H27NO2. The molecule has 0 saturated heterocycles. The lowest BCUT2D eigenvalue weighted by Gasteiger charge is -2.23. The molecule has 2 aliphatic rings. The molecule has 3 rings (SSSR count). The minimum Gasteiger partial charge on any atom is -0.490 e. The number of hydrogen-bond acceptors (Lipinski definition) is 3. The van der Waals surface area contributed by atoms with Crippen LogP contribution in [0.5, 0.6) is 11.5 Å². The minimum atomic E-state index is 0.634. The van der Waals surface area contributed by atoms with Gasteiger partial charge in [0.25, 0.3) is 0 Å². The van der Waals surface area contributed by atoms with E-state index in [0.29, 0.717) is 6.04 Å². The van der Waals surface area contributed by atoms with E-state index in [0.717, 1.165) is 43.6 Å². The van der Waals surface area contributed by atoms with Gasteiger partial charge in [0.2, 0.25) is 0 Å². The van der Waals surface area contributed by atoms with Crippen molar-refractivity contribution in [3.05, 3.63) is 23.8 Å². The molecule has 0 radical (unpaired) electrons. The Balaban J connectivity index is 1.67. The Hall–Kier alpha value is -1.22. The summed E-state index contributed by atoms with van der Waals surface area (Å²) >= 11 is 0. The molecule has 1 N–H and O–H groups in total. The molecule has 1 aliphatic heterocycles. The zero-order valence-corrected chi connectivity index (χ0v) is 13.1. The Morgan fingerprint density at radius 1 is 1.05 bits per heavy atom. The second kappa shape index (κ2) is 7.17. The largest absolute Gasteiger partial charge is 0.490 e. The Kier molecular flexibility index (Phi) is 5.02. The van der Waals surface area contributed by atoms with Crippen molar-refractivity contribution in [3.8, 4) is 11.5 Å². The lowest BCUT2D eigenvalue weighted by atomic mass is 9.96. The topological polar surface area (TPSA) is 30.5 Å². The fourth-order valence-electron chi connectivity index (χ4n) is 3.43. The maximum absolute atomic E-state index is 5.91. The summed E-state index contributed by atoms with van der Waals surface area (Å²) in [5.41, 5.74) is 1.23. The van der Waals surface area contributed by atoms with Crippen molar-refractivity contribution in [2.24, 2.45) is 5.92 Å². The first-order chi connectivity index (χ1) is 10.3. The van der Waals surface area contributed by atoms with Gasteiger partial charge in [-0.15, -0.1) is 0 Å². The smallest absolute Gasteiger partial charge is 0.165 e. The monoisotopic (exact) mass is 289 g/mol. The molecular weight excluding hydrogens is 262 g/mol. The van der Waals surface area contributed by atoms with E-state index in [1.54, 1.807) is 0 Å². The van der Waals surface area contributed by atoms with Crippen LogP contribution in [0.15, 0.2) is 18.2 Å². The average molecular weight is 289 g/mol. The molecule has 1 aromatic carbocycles. The van der Waals surface area contributed by atoms with Crippen molar-refractivity contribution in [2.75, 3.05) is 13.2 Å². The molecule has 0 amide bonds. The molecule has 1 saturated carbocycles. The molecule has 0 spiro atoms. The lowest BCUT2D eigenvalue weighted by Crippen LogP contribution is -2.33. The van der Waals surface area contributed by atoms with Gasteiger partial charge < -0.3 is 14.8 Å². The van der Waals surface area contributed by atoms with E-state index >= 15 is 0 Å². The molecule has 0 aromatic heterocycles. The first-order valence-corrected chi connectivity index (χ1v) is 8.45. The molecule has 3 nitrogen and oxygen atoms in total. The van der Waals surface area contributed by atoms with E-state index in [-0.39, 0.29) is 0 Å². The first-order valence-electron chi connectivity index (χ1n) is 8.45. The van der Waals surface area contributed by atoms with E-state index < -0.39 is 0 Å². The van der Waals surface area contributed by atoms with E-state index in [9.17, 15) is 0 Å². The molecule has 1 aromatic rings. The number of para-hydroxylation sites is 1. The second-order valence-electron chi connectivity index (χ2n) is 6.40. The zero-order valence-electron chi connectivity index (χ0n) is 13.1. The predicted molar refractivity (Wildman–Crippen MR) is 84.9 cm³/mol. The van der Waals surface area contributed by atoms with Gasteiger partial charge in [-0.3, -0.25) is 0 Å².